The lowest BCUT2D eigenvalue weighted by Gasteiger charge is -2.22. The van der Waals surface area contributed by atoms with Gasteiger partial charge in [0, 0.05) is 0 Å². The molecule has 0 atom stereocenters. The molecule has 0 fully saturated rings. The minimum Gasteiger partial charge on any atom is -0.487 e. The predicted molar refractivity (Wildman–Crippen MR) is 72.2 cm³/mol. The minimum atomic E-state index is -0.299. The van der Waals surface area contributed by atoms with Gasteiger partial charge in [0.1, 0.15) is 11.4 Å². The van der Waals surface area contributed by atoms with Gasteiger partial charge in [-0.05, 0) is 45.4 Å². The molecule has 100 valence electrons. The molecule has 1 aromatic rings. The number of hydrogen-bond acceptors (Lipinski definition) is 3. The van der Waals surface area contributed by atoms with Gasteiger partial charge in [-0.2, -0.15) is 0 Å². The number of ether oxygens (including phenoxy) is 2. The zero-order chi connectivity index (χ0) is 13.8. The number of benzene rings is 1. The van der Waals surface area contributed by atoms with Gasteiger partial charge in [0.25, 0.3) is 0 Å². The fraction of sp³-hybridized carbons (Fsp3) is 0.500. The Labute approximate surface area is 113 Å². The average Bonchev–Trinajstić information content (AvgIpc) is 2.21. The van der Waals surface area contributed by atoms with E-state index in [-0.39, 0.29) is 18.0 Å². The van der Waals surface area contributed by atoms with E-state index >= 15 is 0 Å². The van der Waals surface area contributed by atoms with Crippen LogP contribution in [0.15, 0.2) is 18.2 Å². The second kappa shape index (κ2) is 6.10. The Hall–Kier alpha value is -1.22. The van der Waals surface area contributed by atoms with Gasteiger partial charge < -0.3 is 9.47 Å². The molecule has 3 nitrogen and oxygen atoms in total. The lowest BCUT2D eigenvalue weighted by atomic mass is 10.1. The van der Waals surface area contributed by atoms with E-state index in [2.05, 4.69) is 0 Å². The number of carbonyl (C=O) groups excluding carboxylic acids is 1. The summed E-state index contributed by atoms with van der Waals surface area (Å²) in [5.74, 6) is 0.370. The van der Waals surface area contributed by atoms with E-state index in [0.717, 1.165) is 5.56 Å². The summed E-state index contributed by atoms with van der Waals surface area (Å²) >= 11 is 6.12. The molecule has 1 rings (SSSR count). The third kappa shape index (κ3) is 4.96. The third-order valence-electron chi connectivity index (χ3n) is 2.07. The summed E-state index contributed by atoms with van der Waals surface area (Å²) in [7, 11) is 0. The predicted octanol–water partition coefficient (Wildman–Crippen LogP) is 3.62. The van der Waals surface area contributed by atoms with Gasteiger partial charge in [0.2, 0.25) is 0 Å². The number of esters is 1. The van der Waals surface area contributed by atoms with E-state index in [4.69, 9.17) is 21.1 Å². The van der Waals surface area contributed by atoms with Gasteiger partial charge in [0.15, 0.2) is 0 Å². The van der Waals surface area contributed by atoms with Crippen LogP contribution in [0.25, 0.3) is 0 Å². The number of carbonyl (C=O) groups is 1. The van der Waals surface area contributed by atoms with Gasteiger partial charge in [-0.1, -0.05) is 17.7 Å². The van der Waals surface area contributed by atoms with Crippen LogP contribution in [-0.4, -0.2) is 18.2 Å². The third-order valence-corrected chi connectivity index (χ3v) is 2.36. The molecule has 0 amide bonds. The van der Waals surface area contributed by atoms with Crippen molar-refractivity contribution in [3.05, 3.63) is 28.8 Å². The second-order valence-corrected chi connectivity index (χ2v) is 5.37. The number of hydrogen-bond donors (Lipinski definition) is 0. The highest BCUT2D eigenvalue weighted by Gasteiger charge is 2.15. The molecular weight excluding hydrogens is 252 g/mol. The summed E-state index contributed by atoms with van der Waals surface area (Å²) in [6.45, 7) is 8.03. The van der Waals surface area contributed by atoms with E-state index in [1.807, 2.05) is 26.8 Å². The zero-order valence-electron chi connectivity index (χ0n) is 11.2. The zero-order valence-corrected chi connectivity index (χ0v) is 12.0. The number of halogens is 1. The summed E-state index contributed by atoms with van der Waals surface area (Å²) in [6, 6.07) is 5.34. The SMILES string of the molecule is CCOC(=O)Cc1ccc(OC(C)(C)C)c(Cl)c1. The maximum Gasteiger partial charge on any atom is 0.310 e. The lowest BCUT2D eigenvalue weighted by molar-refractivity contribution is -0.142. The normalized spacial score (nSPS) is 11.2. The molecule has 0 saturated carbocycles. The van der Waals surface area contributed by atoms with E-state index in [0.29, 0.717) is 17.4 Å². The molecule has 0 unspecified atom stereocenters. The fourth-order valence-corrected chi connectivity index (χ4v) is 1.69. The van der Waals surface area contributed by atoms with Crippen molar-refractivity contribution in [2.24, 2.45) is 0 Å². The molecule has 0 aliphatic heterocycles. The van der Waals surface area contributed by atoms with Crippen LogP contribution < -0.4 is 4.74 Å². The molecule has 0 aliphatic carbocycles. The molecule has 0 spiro atoms. The van der Waals surface area contributed by atoms with E-state index < -0.39 is 0 Å². The maximum absolute atomic E-state index is 11.3. The smallest absolute Gasteiger partial charge is 0.310 e. The van der Waals surface area contributed by atoms with Gasteiger partial charge in [0.05, 0.1) is 18.1 Å². The Morgan fingerprint density at radius 3 is 2.50 bits per heavy atom. The van der Waals surface area contributed by atoms with Crippen molar-refractivity contribution in [3.8, 4) is 5.75 Å². The van der Waals surface area contributed by atoms with Gasteiger partial charge in [-0.15, -0.1) is 0 Å². The van der Waals surface area contributed by atoms with Crippen molar-refractivity contribution in [1.82, 2.24) is 0 Å². The van der Waals surface area contributed by atoms with Gasteiger partial charge in [-0.3, -0.25) is 4.79 Å². The molecule has 0 aromatic heterocycles. The van der Waals surface area contributed by atoms with E-state index in [1.165, 1.54) is 0 Å². The van der Waals surface area contributed by atoms with Crippen molar-refractivity contribution in [1.29, 1.82) is 0 Å². The summed E-state index contributed by atoms with van der Waals surface area (Å²) < 4.78 is 10.6. The van der Waals surface area contributed by atoms with E-state index in [9.17, 15) is 4.79 Å². The maximum atomic E-state index is 11.3. The molecule has 1 aromatic carbocycles. The van der Waals surface area contributed by atoms with Crippen LogP contribution in [0, 0.1) is 0 Å². The highest BCUT2D eigenvalue weighted by Crippen LogP contribution is 2.28. The Morgan fingerprint density at radius 1 is 1.33 bits per heavy atom. The molecule has 0 aliphatic rings. The second-order valence-electron chi connectivity index (χ2n) is 4.96. The lowest BCUT2D eigenvalue weighted by Crippen LogP contribution is -2.23. The first kappa shape index (κ1) is 14.8. The highest BCUT2D eigenvalue weighted by molar-refractivity contribution is 6.32. The molecule has 18 heavy (non-hydrogen) atoms. The largest absolute Gasteiger partial charge is 0.487 e. The van der Waals surface area contributed by atoms with Crippen LogP contribution in [0.5, 0.6) is 5.75 Å². The average molecular weight is 271 g/mol. The van der Waals surface area contributed by atoms with E-state index in [1.54, 1.807) is 19.1 Å². The molecule has 0 bridgehead atoms. The van der Waals surface area contributed by atoms with Crippen LogP contribution in [0.3, 0.4) is 0 Å². The Bertz CT molecular complexity index is 422. The first-order chi connectivity index (χ1) is 8.31. The summed E-state index contributed by atoms with van der Waals surface area (Å²) in [5.41, 5.74) is 0.520. The quantitative estimate of drug-likeness (QED) is 0.784. The van der Waals surface area contributed by atoms with Crippen LogP contribution in [-0.2, 0) is 16.0 Å². The minimum absolute atomic E-state index is 0.226. The molecule has 0 radical (unpaired) electrons. The van der Waals surface area contributed by atoms with Crippen molar-refractivity contribution >= 4 is 17.6 Å². The monoisotopic (exact) mass is 270 g/mol. The Kier molecular flexibility index (Phi) is 5.03. The van der Waals surface area contributed by atoms with Crippen LogP contribution in [0.2, 0.25) is 5.02 Å². The van der Waals surface area contributed by atoms with Crippen LogP contribution in [0.4, 0.5) is 0 Å². The Balaban J connectivity index is 2.76. The van der Waals surface area contributed by atoms with Crippen molar-refractivity contribution < 1.29 is 14.3 Å². The summed E-state index contributed by atoms with van der Waals surface area (Å²) in [5, 5.41) is 0.506. The van der Waals surface area contributed by atoms with Crippen molar-refractivity contribution in [2.45, 2.75) is 39.7 Å². The Morgan fingerprint density at radius 2 is 2.00 bits per heavy atom. The molecule has 0 heterocycles. The van der Waals surface area contributed by atoms with Gasteiger partial charge >= 0.3 is 5.97 Å². The summed E-state index contributed by atoms with van der Waals surface area (Å²) in [4.78, 5) is 11.3. The first-order valence-corrected chi connectivity index (χ1v) is 6.32. The first-order valence-electron chi connectivity index (χ1n) is 5.95. The molecule has 0 N–H and O–H groups in total. The van der Waals surface area contributed by atoms with Crippen LogP contribution >= 0.6 is 11.6 Å². The number of rotatable bonds is 4. The summed E-state index contributed by atoms with van der Waals surface area (Å²) in [6.07, 6.45) is 0.226. The fourth-order valence-electron chi connectivity index (χ4n) is 1.45. The topological polar surface area (TPSA) is 35.5 Å². The van der Waals surface area contributed by atoms with Crippen LogP contribution in [0.1, 0.15) is 33.3 Å². The molecular formula is C14H19ClO3. The molecule has 4 heteroatoms. The highest BCUT2D eigenvalue weighted by atomic mass is 35.5. The van der Waals surface area contributed by atoms with Gasteiger partial charge in [-0.25, -0.2) is 0 Å². The van der Waals surface area contributed by atoms with Crippen molar-refractivity contribution in [3.63, 3.8) is 0 Å². The van der Waals surface area contributed by atoms with Crippen molar-refractivity contribution in [2.75, 3.05) is 6.61 Å². The standard InChI is InChI=1S/C14H19ClO3/c1-5-17-13(16)9-10-6-7-12(11(15)8-10)18-14(2,3)4/h6-8H,5,9H2,1-4H3. The molecule has 0 saturated heterocycles.